The van der Waals surface area contributed by atoms with Crippen LogP contribution < -0.4 is 4.90 Å². The quantitative estimate of drug-likeness (QED) is 0.796. The van der Waals surface area contributed by atoms with Gasteiger partial charge in [-0.3, -0.25) is 9.59 Å². The van der Waals surface area contributed by atoms with Crippen molar-refractivity contribution in [3.05, 3.63) is 65.7 Å². The minimum atomic E-state index is -0.209. The molecule has 23 heavy (non-hydrogen) atoms. The summed E-state index contributed by atoms with van der Waals surface area (Å²) in [4.78, 5) is 27.3. The molecule has 5 heteroatoms. The molecule has 2 aromatic carbocycles. The second-order valence-electron chi connectivity index (χ2n) is 5.74. The number of carbonyl (C=O) groups excluding carboxylic acids is 2. The zero-order chi connectivity index (χ0) is 15.8. The fourth-order valence-corrected chi connectivity index (χ4v) is 3.23. The molecule has 2 heterocycles. The van der Waals surface area contributed by atoms with Crippen LogP contribution in [0.3, 0.4) is 0 Å². The SMILES string of the molecule is O=C1c2ccccc2C(=O)N1N1CCN(c2ccccc2)CC1. The second-order valence-corrected chi connectivity index (χ2v) is 5.74. The van der Waals surface area contributed by atoms with Gasteiger partial charge in [-0.2, -0.15) is 0 Å². The van der Waals surface area contributed by atoms with Gasteiger partial charge in [-0.05, 0) is 24.3 Å². The van der Waals surface area contributed by atoms with E-state index in [1.54, 1.807) is 24.3 Å². The fourth-order valence-electron chi connectivity index (χ4n) is 3.23. The molecule has 2 aromatic rings. The molecule has 1 fully saturated rings. The number of piperazine rings is 1. The highest BCUT2D eigenvalue weighted by Gasteiger charge is 2.39. The Balaban J connectivity index is 1.50. The van der Waals surface area contributed by atoms with E-state index in [4.69, 9.17) is 0 Å². The van der Waals surface area contributed by atoms with Crippen molar-refractivity contribution in [2.75, 3.05) is 31.1 Å². The molecule has 2 aliphatic rings. The van der Waals surface area contributed by atoms with Gasteiger partial charge in [0, 0.05) is 31.9 Å². The number of hydrazine groups is 1. The van der Waals surface area contributed by atoms with Gasteiger partial charge in [-0.25, -0.2) is 10.0 Å². The summed E-state index contributed by atoms with van der Waals surface area (Å²) in [5, 5.41) is 3.18. The van der Waals surface area contributed by atoms with E-state index in [0.717, 1.165) is 13.1 Å². The number of carbonyl (C=O) groups is 2. The predicted molar refractivity (Wildman–Crippen MR) is 87.2 cm³/mol. The first kappa shape index (κ1) is 14.0. The van der Waals surface area contributed by atoms with Crippen LogP contribution in [-0.4, -0.2) is 48.0 Å². The molecule has 0 radical (unpaired) electrons. The normalized spacial score (nSPS) is 18.4. The highest BCUT2D eigenvalue weighted by molar-refractivity contribution is 6.20. The van der Waals surface area contributed by atoms with Crippen LogP contribution in [0, 0.1) is 0 Å². The van der Waals surface area contributed by atoms with E-state index in [2.05, 4.69) is 17.0 Å². The van der Waals surface area contributed by atoms with Crippen molar-refractivity contribution in [2.45, 2.75) is 0 Å². The number of hydrogen-bond acceptors (Lipinski definition) is 4. The maximum atomic E-state index is 12.5. The molecule has 0 unspecified atom stereocenters. The first-order valence-corrected chi connectivity index (χ1v) is 7.78. The lowest BCUT2D eigenvalue weighted by Gasteiger charge is -2.39. The third-order valence-electron chi connectivity index (χ3n) is 4.43. The van der Waals surface area contributed by atoms with E-state index in [0.29, 0.717) is 24.2 Å². The van der Waals surface area contributed by atoms with Gasteiger partial charge in [0.2, 0.25) is 0 Å². The molecule has 0 saturated carbocycles. The Bertz CT molecular complexity index is 717. The summed E-state index contributed by atoms with van der Waals surface area (Å²) in [5.74, 6) is -0.419. The van der Waals surface area contributed by atoms with E-state index in [1.165, 1.54) is 10.7 Å². The summed E-state index contributed by atoms with van der Waals surface area (Å²) in [6.45, 7) is 2.88. The van der Waals surface area contributed by atoms with Crippen LogP contribution in [0.2, 0.25) is 0 Å². The van der Waals surface area contributed by atoms with Crippen LogP contribution in [0.1, 0.15) is 20.7 Å². The number of para-hydroxylation sites is 1. The van der Waals surface area contributed by atoms with Crippen molar-refractivity contribution < 1.29 is 9.59 Å². The van der Waals surface area contributed by atoms with Gasteiger partial charge < -0.3 is 4.90 Å². The number of amides is 2. The van der Waals surface area contributed by atoms with E-state index in [9.17, 15) is 9.59 Å². The van der Waals surface area contributed by atoms with Gasteiger partial charge in [-0.1, -0.05) is 30.3 Å². The number of rotatable bonds is 2. The Kier molecular flexibility index (Phi) is 3.35. The Labute approximate surface area is 134 Å². The van der Waals surface area contributed by atoms with E-state index in [-0.39, 0.29) is 11.8 Å². The summed E-state index contributed by atoms with van der Waals surface area (Å²) in [6.07, 6.45) is 0. The minimum Gasteiger partial charge on any atom is -0.369 e. The number of nitrogens with zero attached hydrogens (tertiary/aromatic N) is 3. The maximum Gasteiger partial charge on any atom is 0.276 e. The van der Waals surface area contributed by atoms with Gasteiger partial charge in [0.05, 0.1) is 11.1 Å². The third-order valence-corrected chi connectivity index (χ3v) is 4.43. The Hall–Kier alpha value is -2.66. The van der Waals surface area contributed by atoms with Crippen LogP contribution in [-0.2, 0) is 0 Å². The molecule has 0 spiro atoms. The standard InChI is InChI=1S/C18H17N3O2/c22-17-15-8-4-5-9-16(15)18(23)21(17)20-12-10-19(11-13-20)14-6-2-1-3-7-14/h1-9H,10-13H2. The van der Waals surface area contributed by atoms with Gasteiger partial charge in [0.15, 0.2) is 0 Å². The van der Waals surface area contributed by atoms with E-state index in [1.807, 2.05) is 23.2 Å². The Morgan fingerprint density at radius 2 is 1.17 bits per heavy atom. The third kappa shape index (κ3) is 2.29. The van der Waals surface area contributed by atoms with E-state index < -0.39 is 0 Å². The molecule has 0 aliphatic carbocycles. The van der Waals surface area contributed by atoms with E-state index >= 15 is 0 Å². The summed E-state index contributed by atoms with van der Waals surface area (Å²) < 4.78 is 0. The van der Waals surface area contributed by atoms with Gasteiger partial charge >= 0.3 is 0 Å². The first-order valence-electron chi connectivity index (χ1n) is 7.78. The van der Waals surface area contributed by atoms with Crippen LogP contribution in [0.4, 0.5) is 5.69 Å². The smallest absolute Gasteiger partial charge is 0.276 e. The molecule has 4 rings (SSSR count). The number of fused-ring (bicyclic) bond motifs is 1. The first-order chi connectivity index (χ1) is 11.3. The van der Waals surface area contributed by atoms with Crippen molar-refractivity contribution in [1.82, 2.24) is 10.0 Å². The molecule has 1 saturated heterocycles. The van der Waals surface area contributed by atoms with Crippen molar-refractivity contribution in [1.29, 1.82) is 0 Å². The van der Waals surface area contributed by atoms with Crippen LogP contribution in [0.15, 0.2) is 54.6 Å². The monoisotopic (exact) mass is 307 g/mol. The second kappa shape index (κ2) is 5.52. The van der Waals surface area contributed by atoms with Crippen molar-refractivity contribution >= 4 is 17.5 Å². The molecule has 116 valence electrons. The summed E-state index contributed by atoms with van der Waals surface area (Å²) in [6, 6.07) is 17.2. The topological polar surface area (TPSA) is 43.9 Å². The number of imide groups is 1. The molecule has 0 atom stereocenters. The minimum absolute atomic E-state index is 0.209. The molecule has 2 aliphatic heterocycles. The molecule has 0 aromatic heterocycles. The van der Waals surface area contributed by atoms with Gasteiger partial charge in [0.25, 0.3) is 11.8 Å². The Morgan fingerprint density at radius 3 is 1.74 bits per heavy atom. The largest absolute Gasteiger partial charge is 0.369 e. The maximum absolute atomic E-state index is 12.5. The molecule has 2 amide bonds. The van der Waals surface area contributed by atoms with Crippen LogP contribution in [0.25, 0.3) is 0 Å². The molecule has 0 bridgehead atoms. The highest BCUT2D eigenvalue weighted by Crippen LogP contribution is 2.25. The molecule has 0 N–H and O–H groups in total. The zero-order valence-electron chi connectivity index (χ0n) is 12.7. The summed E-state index contributed by atoms with van der Waals surface area (Å²) >= 11 is 0. The lowest BCUT2D eigenvalue weighted by atomic mass is 10.1. The van der Waals surface area contributed by atoms with Crippen molar-refractivity contribution in [3.63, 3.8) is 0 Å². The fraction of sp³-hybridized carbons (Fsp3) is 0.222. The van der Waals surface area contributed by atoms with Crippen molar-refractivity contribution in [3.8, 4) is 0 Å². The summed E-state index contributed by atoms with van der Waals surface area (Å²) in [7, 11) is 0. The van der Waals surface area contributed by atoms with Crippen LogP contribution in [0.5, 0.6) is 0 Å². The average molecular weight is 307 g/mol. The summed E-state index contributed by atoms with van der Waals surface area (Å²) in [5.41, 5.74) is 2.18. The molecular formula is C18H17N3O2. The Morgan fingerprint density at radius 1 is 0.652 bits per heavy atom. The number of benzene rings is 2. The lowest BCUT2D eigenvalue weighted by Crippen LogP contribution is -2.55. The number of anilines is 1. The zero-order valence-corrected chi connectivity index (χ0v) is 12.7. The van der Waals surface area contributed by atoms with Crippen molar-refractivity contribution in [2.24, 2.45) is 0 Å². The van der Waals surface area contributed by atoms with Gasteiger partial charge in [-0.15, -0.1) is 0 Å². The average Bonchev–Trinajstić information content (AvgIpc) is 2.87. The predicted octanol–water partition coefficient (Wildman–Crippen LogP) is 2.02. The lowest BCUT2D eigenvalue weighted by molar-refractivity contribution is -0.000887. The highest BCUT2D eigenvalue weighted by atomic mass is 16.2. The van der Waals surface area contributed by atoms with Gasteiger partial charge in [0.1, 0.15) is 0 Å². The molecule has 5 nitrogen and oxygen atoms in total. The molecular weight excluding hydrogens is 290 g/mol. The number of hydrogen-bond donors (Lipinski definition) is 0. The van der Waals surface area contributed by atoms with Crippen LogP contribution >= 0.6 is 0 Å².